The topological polar surface area (TPSA) is 71.3 Å². The molecular formula is C19H18N2O3. The molecule has 0 saturated carbocycles. The van der Waals surface area contributed by atoms with Gasteiger partial charge in [0.05, 0.1) is 18.7 Å². The molecule has 5 nitrogen and oxygen atoms in total. The number of benzene rings is 2. The quantitative estimate of drug-likeness (QED) is 0.856. The molecule has 3 rings (SSSR count). The molecule has 5 heteroatoms. The summed E-state index contributed by atoms with van der Waals surface area (Å²) in [4.78, 5) is 12.1. The lowest BCUT2D eigenvalue weighted by Gasteiger charge is -2.19. The van der Waals surface area contributed by atoms with Crippen molar-refractivity contribution in [3.05, 3.63) is 65.2 Å². The first kappa shape index (κ1) is 16.0. The lowest BCUT2D eigenvalue weighted by Crippen LogP contribution is -2.37. The van der Waals surface area contributed by atoms with Crippen molar-refractivity contribution in [2.24, 2.45) is 0 Å². The normalized spacial score (nSPS) is 16.6. The van der Waals surface area contributed by atoms with Crippen molar-refractivity contribution in [1.29, 1.82) is 5.26 Å². The van der Waals surface area contributed by atoms with Crippen molar-refractivity contribution in [3.63, 3.8) is 0 Å². The fourth-order valence-corrected chi connectivity index (χ4v) is 2.86. The van der Waals surface area contributed by atoms with Gasteiger partial charge in [-0.1, -0.05) is 30.3 Å². The van der Waals surface area contributed by atoms with Gasteiger partial charge >= 0.3 is 5.97 Å². The zero-order valence-electron chi connectivity index (χ0n) is 13.4. The predicted molar refractivity (Wildman–Crippen MR) is 88.5 cm³/mol. The second kappa shape index (κ2) is 7.16. The minimum Gasteiger partial charge on any atom is -0.488 e. The van der Waals surface area contributed by atoms with Gasteiger partial charge in [0.2, 0.25) is 0 Å². The molecular weight excluding hydrogens is 304 g/mol. The van der Waals surface area contributed by atoms with Crippen LogP contribution in [0.25, 0.3) is 0 Å². The number of nitrogens with zero attached hydrogens (tertiary/aromatic N) is 1. The van der Waals surface area contributed by atoms with Crippen molar-refractivity contribution in [2.75, 3.05) is 13.7 Å². The molecule has 1 heterocycles. The maximum Gasteiger partial charge on any atom is 0.327 e. The molecule has 1 aliphatic rings. The summed E-state index contributed by atoms with van der Waals surface area (Å²) in [5.41, 5.74) is 2.38. The van der Waals surface area contributed by atoms with Crippen LogP contribution in [-0.2, 0) is 16.0 Å². The molecule has 0 saturated heterocycles. The van der Waals surface area contributed by atoms with E-state index in [1.54, 1.807) is 24.3 Å². The van der Waals surface area contributed by atoms with Crippen LogP contribution in [-0.4, -0.2) is 25.7 Å². The Morgan fingerprint density at radius 3 is 2.96 bits per heavy atom. The van der Waals surface area contributed by atoms with Crippen LogP contribution in [0.1, 0.15) is 22.7 Å². The molecule has 1 aliphatic heterocycles. The third-order valence-electron chi connectivity index (χ3n) is 4.05. The summed E-state index contributed by atoms with van der Waals surface area (Å²) in [6.07, 6.45) is 0.767. The highest BCUT2D eigenvalue weighted by Crippen LogP contribution is 2.28. The zero-order valence-corrected chi connectivity index (χ0v) is 13.4. The molecule has 0 amide bonds. The maximum atomic E-state index is 12.1. The van der Waals surface area contributed by atoms with E-state index in [0.29, 0.717) is 17.7 Å². The summed E-state index contributed by atoms with van der Waals surface area (Å²) in [6.45, 7) is 0.505. The number of carbonyl (C=O) groups is 1. The summed E-state index contributed by atoms with van der Waals surface area (Å²) in [5.74, 6) is 0.506. The van der Waals surface area contributed by atoms with Gasteiger partial charge in [-0.05, 0) is 29.3 Å². The van der Waals surface area contributed by atoms with Crippen LogP contribution in [0, 0.1) is 11.3 Å². The van der Waals surface area contributed by atoms with E-state index < -0.39 is 6.04 Å². The number of esters is 1. The van der Waals surface area contributed by atoms with E-state index in [-0.39, 0.29) is 12.1 Å². The molecule has 2 aromatic carbocycles. The SMILES string of the molecule is COC(=O)C(NCC1Cc2ccccc2O1)c1cccc(C#N)c1. The molecule has 24 heavy (non-hydrogen) atoms. The third kappa shape index (κ3) is 3.39. The fourth-order valence-electron chi connectivity index (χ4n) is 2.86. The Labute approximate surface area is 140 Å². The standard InChI is InChI=1S/C19H18N2O3/c1-23-19(22)18(15-7-4-5-13(9-15)11-20)21-12-16-10-14-6-2-3-8-17(14)24-16/h2-9,16,18,21H,10,12H2,1H3. The van der Waals surface area contributed by atoms with Crippen LogP contribution in [0.3, 0.4) is 0 Å². The number of methoxy groups -OCH3 is 1. The Bertz CT molecular complexity index is 757. The number of ether oxygens (including phenoxy) is 2. The molecule has 0 radical (unpaired) electrons. The van der Waals surface area contributed by atoms with Crippen molar-refractivity contribution in [3.8, 4) is 11.8 Å². The molecule has 0 aromatic heterocycles. The van der Waals surface area contributed by atoms with E-state index in [9.17, 15) is 4.79 Å². The van der Waals surface area contributed by atoms with Crippen molar-refractivity contribution >= 4 is 5.97 Å². The van der Waals surface area contributed by atoms with Crippen LogP contribution >= 0.6 is 0 Å². The third-order valence-corrected chi connectivity index (χ3v) is 4.05. The van der Waals surface area contributed by atoms with Gasteiger partial charge in [-0.2, -0.15) is 5.26 Å². The van der Waals surface area contributed by atoms with Crippen LogP contribution in [0.4, 0.5) is 0 Å². The molecule has 2 atom stereocenters. The van der Waals surface area contributed by atoms with Gasteiger partial charge in [-0.15, -0.1) is 0 Å². The van der Waals surface area contributed by atoms with Crippen molar-refractivity contribution < 1.29 is 14.3 Å². The first-order valence-corrected chi connectivity index (χ1v) is 7.77. The first-order chi connectivity index (χ1) is 11.7. The number of nitrogens with one attached hydrogen (secondary N) is 1. The van der Waals surface area contributed by atoms with Gasteiger partial charge in [0, 0.05) is 13.0 Å². The van der Waals surface area contributed by atoms with E-state index in [0.717, 1.165) is 12.2 Å². The molecule has 2 aromatic rings. The number of nitriles is 1. The Kier molecular flexibility index (Phi) is 4.78. The molecule has 1 N–H and O–H groups in total. The Morgan fingerprint density at radius 2 is 2.21 bits per heavy atom. The van der Waals surface area contributed by atoms with E-state index in [1.165, 1.54) is 12.7 Å². The lowest BCUT2D eigenvalue weighted by molar-refractivity contribution is -0.143. The van der Waals surface area contributed by atoms with Crippen molar-refractivity contribution in [2.45, 2.75) is 18.6 Å². The summed E-state index contributed by atoms with van der Waals surface area (Å²) in [5, 5.41) is 12.2. The largest absolute Gasteiger partial charge is 0.488 e. The summed E-state index contributed by atoms with van der Waals surface area (Å²) in [6, 6.07) is 16.3. The second-order valence-electron chi connectivity index (χ2n) is 5.65. The number of carbonyl (C=O) groups excluding carboxylic acids is 1. The van der Waals surface area contributed by atoms with Gasteiger partial charge < -0.3 is 9.47 Å². The Hall–Kier alpha value is -2.84. The highest BCUT2D eigenvalue weighted by atomic mass is 16.5. The Morgan fingerprint density at radius 1 is 1.38 bits per heavy atom. The van der Waals surface area contributed by atoms with Gasteiger partial charge in [0.25, 0.3) is 0 Å². The monoisotopic (exact) mass is 322 g/mol. The molecule has 0 bridgehead atoms. The number of hydrogen-bond acceptors (Lipinski definition) is 5. The van der Waals surface area contributed by atoms with Crippen molar-refractivity contribution in [1.82, 2.24) is 5.32 Å². The molecule has 0 aliphatic carbocycles. The van der Waals surface area contributed by atoms with Gasteiger partial charge in [-0.25, -0.2) is 4.79 Å². The van der Waals surface area contributed by atoms with Crippen LogP contribution in [0.5, 0.6) is 5.75 Å². The van der Waals surface area contributed by atoms with Gasteiger partial charge in [0.15, 0.2) is 0 Å². The maximum absolute atomic E-state index is 12.1. The van der Waals surface area contributed by atoms with E-state index in [4.69, 9.17) is 14.7 Å². The average molecular weight is 322 g/mol. The number of para-hydroxylation sites is 1. The number of rotatable bonds is 5. The average Bonchev–Trinajstić information content (AvgIpc) is 3.04. The lowest BCUT2D eigenvalue weighted by atomic mass is 10.0. The fraction of sp³-hybridized carbons (Fsp3) is 0.263. The smallest absolute Gasteiger partial charge is 0.327 e. The second-order valence-corrected chi connectivity index (χ2v) is 5.65. The highest BCUT2D eigenvalue weighted by Gasteiger charge is 2.26. The summed E-state index contributed by atoms with van der Waals surface area (Å²) in [7, 11) is 1.35. The highest BCUT2D eigenvalue weighted by molar-refractivity contribution is 5.77. The first-order valence-electron chi connectivity index (χ1n) is 7.77. The van der Waals surface area contributed by atoms with Crippen LogP contribution in [0.2, 0.25) is 0 Å². The minimum absolute atomic E-state index is 0.0336. The van der Waals surface area contributed by atoms with Crippen LogP contribution < -0.4 is 10.1 Å². The van der Waals surface area contributed by atoms with Crippen LogP contribution in [0.15, 0.2) is 48.5 Å². The summed E-state index contributed by atoms with van der Waals surface area (Å²) >= 11 is 0. The predicted octanol–water partition coefficient (Wildman–Crippen LogP) is 2.37. The molecule has 122 valence electrons. The van der Waals surface area contributed by atoms with E-state index in [2.05, 4.69) is 11.4 Å². The summed E-state index contributed by atoms with van der Waals surface area (Å²) < 4.78 is 10.8. The van der Waals surface area contributed by atoms with E-state index >= 15 is 0 Å². The van der Waals surface area contributed by atoms with Gasteiger partial charge in [0.1, 0.15) is 17.9 Å². The number of hydrogen-bond donors (Lipinski definition) is 1. The Balaban J connectivity index is 1.70. The number of fused-ring (bicyclic) bond motifs is 1. The molecule has 0 fully saturated rings. The zero-order chi connectivity index (χ0) is 16.9. The molecule has 2 unspecified atom stereocenters. The van der Waals surface area contributed by atoms with E-state index in [1.807, 2.05) is 24.3 Å². The molecule has 0 spiro atoms. The minimum atomic E-state index is -0.629. The van der Waals surface area contributed by atoms with Gasteiger partial charge in [-0.3, -0.25) is 5.32 Å².